The van der Waals surface area contributed by atoms with Gasteiger partial charge in [-0.15, -0.1) is 0 Å². The Kier molecular flexibility index (Phi) is 29.3. The van der Waals surface area contributed by atoms with Gasteiger partial charge in [0, 0.05) is 0 Å². The van der Waals surface area contributed by atoms with E-state index in [-0.39, 0.29) is 55.3 Å². The molecule has 0 aliphatic heterocycles. The standard InChI is InChI=1S/C46H78NO12S/c1-10-13-16-19-22-25-28-55-40(48)33-37(44(50)56-29-26-23-20-17-14-11-2)42(45(51)57-30-27-24-21-18-15-12-3)60-46(52)59-41-38(53-8)31-36(32-39(41)54-9)43(49)58-34-35(4)47(5,6)7/h31-32,35,37,42H,10-30,33-34H2,1-9H3/q+1. The van der Waals surface area contributed by atoms with E-state index in [4.69, 9.17) is 33.2 Å². The molecule has 1 rings (SSSR count). The average molecular weight is 869 g/mol. The number of unbranched alkanes of at least 4 members (excludes halogenated alkanes) is 15. The number of methoxy groups -OCH3 is 2. The van der Waals surface area contributed by atoms with Crippen molar-refractivity contribution in [2.24, 2.45) is 5.92 Å². The molecule has 0 N–H and O–H groups in total. The van der Waals surface area contributed by atoms with Crippen molar-refractivity contribution in [1.82, 2.24) is 0 Å². The Labute approximate surface area is 365 Å². The van der Waals surface area contributed by atoms with E-state index in [0.717, 1.165) is 96.3 Å². The summed E-state index contributed by atoms with van der Waals surface area (Å²) in [5.41, 5.74) is 0.105. The van der Waals surface area contributed by atoms with Crippen LogP contribution in [0.1, 0.15) is 160 Å². The van der Waals surface area contributed by atoms with E-state index >= 15 is 0 Å². The highest BCUT2D eigenvalue weighted by Gasteiger charge is 2.41. The van der Waals surface area contributed by atoms with E-state index in [2.05, 4.69) is 20.8 Å². The lowest BCUT2D eigenvalue weighted by Crippen LogP contribution is -2.46. The van der Waals surface area contributed by atoms with Crippen LogP contribution < -0.4 is 14.2 Å². The Morgan fingerprint density at radius 3 is 1.48 bits per heavy atom. The molecule has 0 bridgehead atoms. The number of thioether (sulfide) groups is 1. The zero-order valence-electron chi connectivity index (χ0n) is 38.4. The molecule has 3 atom stereocenters. The second-order valence-corrected chi connectivity index (χ2v) is 17.4. The molecule has 60 heavy (non-hydrogen) atoms. The van der Waals surface area contributed by atoms with Crippen molar-refractivity contribution >= 4 is 40.9 Å². The summed E-state index contributed by atoms with van der Waals surface area (Å²) in [6.07, 6.45) is 17.0. The van der Waals surface area contributed by atoms with Gasteiger partial charge < -0.3 is 37.6 Å². The van der Waals surface area contributed by atoms with E-state index in [1.807, 2.05) is 28.1 Å². The van der Waals surface area contributed by atoms with E-state index in [9.17, 15) is 24.0 Å². The molecule has 0 aliphatic carbocycles. The van der Waals surface area contributed by atoms with E-state index in [1.165, 1.54) is 26.4 Å². The van der Waals surface area contributed by atoms with Gasteiger partial charge in [-0.25, -0.2) is 9.59 Å². The number of ether oxygens (including phenoxy) is 7. The van der Waals surface area contributed by atoms with E-state index in [0.29, 0.717) is 35.5 Å². The molecule has 0 spiro atoms. The highest BCUT2D eigenvalue weighted by atomic mass is 32.2. The summed E-state index contributed by atoms with van der Waals surface area (Å²) in [5.74, 6) is -4.56. The number of rotatable bonds is 34. The monoisotopic (exact) mass is 869 g/mol. The van der Waals surface area contributed by atoms with Gasteiger partial charge in [0.2, 0.25) is 5.75 Å². The van der Waals surface area contributed by atoms with E-state index in [1.54, 1.807) is 0 Å². The van der Waals surface area contributed by atoms with Crippen LogP contribution in [0, 0.1) is 5.92 Å². The number of carbonyl (C=O) groups excluding carboxylic acids is 5. The molecule has 344 valence electrons. The van der Waals surface area contributed by atoms with Crippen LogP contribution in [0.3, 0.4) is 0 Å². The molecular weight excluding hydrogens is 791 g/mol. The van der Waals surface area contributed by atoms with Gasteiger partial charge in [-0.3, -0.25) is 14.4 Å². The fourth-order valence-corrected chi connectivity index (χ4v) is 6.90. The van der Waals surface area contributed by atoms with Gasteiger partial charge >= 0.3 is 29.2 Å². The lowest BCUT2D eigenvalue weighted by atomic mass is 10.0. The predicted octanol–water partition coefficient (Wildman–Crippen LogP) is 10.3. The molecule has 0 heterocycles. The predicted molar refractivity (Wildman–Crippen MR) is 236 cm³/mol. The Hall–Kier alpha value is -3.52. The lowest BCUT2D eigenvalue weighted by Gasteiger charge is -2.31. The summed E-state index contributed by atoms with van der Waals surface area (Å²) in [4.78, 5) is 67.8. The van der Waals surface area contributed by atoms with Crippen LogP contribution in [0.4, 0.5) is 4.79 Å². The number of esters is 4. The number of hydrogen-bond acceptors (Lipinski definition) is 13. The zero-order chi connectivity index (χ0) is 44.8. The van der Waals surface area contributed by atoms with Crippen molar-refractivity contribution in [3.8, 4) is 17.2 Å². The van der Waals surface area contributed by atoms with Crippen LogP contribution >= 0.6 is 11.8 Å². The van der Waals surface area contributed by atoms with Crippen molar-refractivity contribution in [3.05, 3.63) is 17.7 Å². The third kappa shape index (κ3) is 22.9. The molecule has 1 aromatic carbocycles. The first kappa shape index (κ1) is 54.5. The zero-order valence-corrected chi connectivity index (χ0v) is 39.2. The largest absolute Gasteiger partial charge is 0.493 e. The maximum absolute atomic E-state index is 13.9. The number of quaternary nitrogens is 1. The van der Waals surface area contributed by atoms with Crippen molar-refractivity contribution in [2.75, 3.05) is 61.8 Å². The topological polar surface area (TPSA) is 150 Å². The first-order valence-corrected chi connectivity index (χ1v) is 23.2. The highest BCUT2D eigenvalue weighted by Crippen LogP contribution is 2.40. The molecule has 0 saturated carbocycles. The quantitative estimate of drug-likeness (QED) is 0.0280. The first-order chi connectivity index (χ1) is 28.7. The second kappa shape index (κ2) is 32.2. The summed E-state index contributed by atoms with van der Waals surface area (Å²) in [6.45, 7) is 8.89. The van der Waals surface area contributed by atoms with Crippen LogP contribution in [0.5, 0.6) is 17.2 Å². The molecule has 0 saturated heterocycles. The maximum Gasteiger partial charge on any atom is 0.373 e. The number of carbonyl (C=O) groups is 5. The van der Waals surface area contributed by atoms with Gasteiger partial charge in [0.25, 0.3) is 0 Å². The lowest BCUT2D eigenvalue weighted by molar-refractivity contribution is -0.894. The minimum Gasteiger partial charge on any atom is -0.493 e. The first-order valence-electron chi connectivity index (χ1n) is 22.3. The molecule has 0 aliphatic rings. The van der Waals surface area contributed by atoms with E-state index < -0.39 is 46.8 Å². The fraction of sp³-hybridized carbons (Fsp3) is 0.761. The average Bonchev–Trinajstić information content (AvgIpc) is 3.22. The van der Waals surface area contributed by atoms with Gasteiger partial charge in [0.05, 0.1) is 73.1 Å². The van der Waals surface area contributed by atoms with Crippen molar-refractivity contribution < 1.29 is 61.6 Å². The van der Waals surface area contributed by atoms with Gasteiger partial charge in [-0.05, 0) is 50.1 Å². The second-order valence-electron chi connectivity index (χ2n) is 16.3. The molecule has 3 unspecified atom stereocenters. The third-order valence-corrected chi connectivity index (χ3v) is 11.5. The number of hydrogen-bond donors (Lipinski definition) is 0. The molecule has 13 nitrogen and oxygen atoms in total. The molecule has 1 aromatic rings. The van der Waals surface area contributed by atoms with Crippen molar-refractivity contribution in [1.29, 1.82) is 0 Å². The minimum atomic E-state index is -1.51. The van der Waals surface area contributed by atoms with Gasteiger partial charge in [-0.1, -0.05) is 117 Å². The smallest absolute Gasteiger partial charge is 0.373 e. The van der Waals surface area contributed by atoms with Crippen molar-refractivity contribution in [2.45, 2.75) is 161 Å². The van der Waals surface area contributed by atoms with Gasteiger partial charge in [0.15, 0.2) is 11.5 Å². The number of nitrogens with zero attached hydrogens (tertiary/aromatic N) is 1. The van der Waals surface area contributed by atoms with Crippen LogP contribution in [0.15, 0.2) is 12.1 Å². The summed E-state index contributed by atoms with van der Waals surface area (Å²) >= 11 is 0.407. The van der Waals surface area contributed by atoms with Gasteiger partial charge in [-0.2, -0.15) is 0 Å². The SMILES string of the molecule is CCCCCCCCOC(=O)CC(C(=O)OCCCCCCCC)C(SC(=O)Oc1c(OC)cc(C(=O)OCC(C)[N+](C)(C)C)cc1OC)C(=O)OCCCCCCCC. The third-order valence-electron chi connectivity index (χ3n) is 10.4. The number of likely N-dealkylation sites (N-methyl/N-ethyl adjacent to an activating group) is 1. The fourth-order valence-electron chi connectivity index (χ4n) is 6.03. The Morgan fingerprint density at radius 1 is 0.600 bits per heavy atom. The Bertz CT molecular complexity index is 1370. The van der Waals surface area contributed by atoms with Crippen LogP contribution in [-0.2, 0) is 33.3 Å². The summed E-state index contributed by atoms with van der Waals surface area (Å²) < 4.78 is 39.7. The molecular formula is C46H78NO12S+. The summed E-state index contributed by atoms with van der Waals surface area (Å²) in [7, 11) is 8.66. The Balaban J connectivity index is 3.38. The van der Waals surface area contributed by atoms with Crippen LogP contribution in [-0.4, -0.2) is 107 Å². The summed E-state index contributed by atoms with van der Waals surface area (Å²) in [6, 6.07) is 2.74. The van der Waals surface area contributed by atoms with Gasteiger partial charge in [0.1, 0.15) is 17.9 Å². The molecule has 0 amide bonds. The molecule has 0 fully saturated rings. The minimum absolute atomic E-state index is 0.00901. The van der Waals surface area contributed by atoms with Crippen LogP contribution in [0.2, 0.25) is 0 Å². The maximum atomic E-state index is 13.9. The normalized spacial score (nSPS) is 12.8. The molecule has 0 aromatic heterocycles. The number of benzene rings is 1. The Morgan fingerprint density at radius 2 is 1.03 bits per heavy atom. The summed E-state index contributed by atoms with van der Waals surface area (Å²) in [5, 5.41) is -2.51. The molecule has 14 heteroatoms. The highest BCUT2D eigenvalue weighted by molar-refractivity contribution is 8.14. The van der Waals surface area contributed by atoms with Crippen LogP contribution in [0.25, 0.3) is 0 Å². The van der Waals surface area contributed by atoms with Crippen molar-refractivity contribution in [3.63, 3.8) is 0 Å². The molecule has 0 radical (unpaired) electrons.